The van der Waals surface area contributed by atoms with Crippen molar-refractivity contribution < 1.29 is 9.47 Å². The van der Waals surface area contributed by atoms with Gasteiger partial charge < -0.3 is 9.47 Å². The lowest BCUT2D eigenvalue weighted by Crippen LogP contribution is -2.61. The van der Waals surface area contributed by atoms with E-state index in [0.717, 1.165) is 25.7 Å². The molecule has 0 aliphatic carbocycles. The number of nitriles is 3. The van der Waals surface area contributed by atoms with Crippen LogP contribution in [-0.2, 0) is 9.47 Å². The minimum Gasteiger partial charge on any atom is -0.447 e. The average molecular weight is 328 g/mol. The van der Waals surface area contributed by atoms with Crippen molar-refractivity contribution >= 4 is 5.90 Å². The molecule has 4 atom stereocenters. The van der Waals surface area contributed by atoms with Gasteiger partial charge in [-0.1, -0.05) is 46.5 Å². The fourth-order valence-electron chi connectivity index (χ4n) is 4.17. The smallest absolute Gasteiger partial charge is 0.216 e. The number of hydrogen-bond acceptors (Lipinski definition) is 6. The van der Waals surface area contributed by atoms with Crippen molar-refractivity contribution in [3.8, 4) is 18.2 Å². The van der Waals surface area contributed by atoms with Crippen molar-refractivity contribution in [1.82, 2.24) is 0 Å². The Kier molecular flexibility index (Phi) is 4.88. The van der Waals surface area contributed by atoms with E-state index in [4.69, 9.17) is 14.9 Å². The summed E-state index contributed by atoms with van der Waals surface area (Å²) in [6.45, 7) is 5.72. The van der Waals surface area contributed by atoms with Gasteiger partial charge in [-0.15, -0.1) is 0 Å². The van der Waals surface area contributed by atoms with Gasteiger partial charge in [0.2, 0.25) is 11.7 Å². The number of fused-ring (bicyclic) bond motifs is 2. The highest BCUT2D eigenvalue weighted by atomic mass is 16.7. The van der Waals surface area contributed by atoms with Gasteiger partial charge in [-0.2, -0.15) is 15.8 Å². The summed E-state index contributed by atoms with van der Waals surface area (Å²) in [4.78, 5) is 0. The number of unbranched alkanes of at least 4 members (excludes halogenated alkanes) is 3. The third kappa shape index (κ3) is 2.05. The largest absolute Gasteiger partial charge is 0.447 e. The monoisotopic (exact) mass is 328 g/mol. The molecule has 0 aromatic heterocycles. The Labute approximate surface area is 143 Å². The molecule has 4 unspecified atom stereocenters. The van der Waals surface area contributed by atoms with Crippen molar-refractivity contribution in [3.05, 3.63) is 0 Å². The van der Waals surface area contributed by atoms with Gasteiger partial charge in [0.25, 0.3) is 0 Å². The Hall–Kier alpha value is -2.10. The van der Waals surface area contributed by atoms with Crippen LogP contribution in [0.1, 0.15) is 59.3 Å². The molecule has 6 nitrogen and oxygen atoms in total. The molecule has 6 heteroatoms. The van der Waals surface area contributed by atoms with Gasteiger partial charge in [0.15, 0.2) is 10.8 Å². The van der Waals surface area contributed by atoms with E-state index in [1.807, 2.05) is 6.92 Å². The van der Waals surface area contributed by atoms with Gasteiger partial charge in [-0.25, -0.2) is 0 Å². The first-order valence-electron chi connectivity index (χ1n) is 8.64. The van der Waals surface area contributed by atoms with Crippen molar-refractivity contribution in [2.75, 3.05) is 0 Å². The van der Waals surface area contributed by atoms with Crippen LogP contribution in [0.25, 0.3) is 0 Å². The molecule has 24 heavy (non-hydrogen) atoms. The fraction of sp³-hybridized carbons (Fsp3) is 0.778. The van der Waals surface area contributed by atoms with E-state index >= 15 is 0 Å². The molecule has 2 aliphatic rings. The molecule has 0 amide bonds. The molecule has 2 rings (SSSR count). The zero-order valence-electron chi connectivity index (χ0n) is 14.6. The summed E-state index contributed by atoms with van der Waals surface area (Å²) in [7, 11) is 0. The fourth-order valence-corrected chi connectivity index (χ4v) is 4.17. The Morgan fingerprint density at radius 1 is 1.08 bits per heavy atom. The Morgan fingerprint density at radius 2 is 1.75 bits per heavy atom. The van der Waals surface area contributed by atoms with E-state index in [9.17, 15) is 15.8 Å². The molecule has 0 radical (unpaired) electrons. The summed E-state index contributed by atoms with van der Waals surface area (Å²) in [6, 6.07) is 6.22. The first-order chi connectivity index (χ1) is 11.4. The second kappa shape index (κ2) is 6.42. The van der Waals surface area contributed by atoms with E-state index in [2.05, 4.69) is 25.1 Å². The SMILES string of the molecule is CCCCCCC1OC2(CC)OC(=N)C(C#N)(C2C)C1(C#N)C#N. The van der Waals surface area contributed by atoms with E-state index in [0.29, 0.717) is 12.8 Å². The molecule has 2 aliphatic heterocycles. The maximum absolute atomic E-state index is 9.92. The van der Waals surface area contributed by atoms with Gasteiger partial charge in [-0.3, -0.25) is 5.41 Å². The quantitative estimate of drug-likeness (QED) is 0.747. The van der Waals surface area contributed by atoms with Crippen molar-refractivity contribution in [2.45, 2.75) is 71.2 Å². The molecule has 0 saturated carbocycles. The van der Waals surface area contributed by atoms with Gasteiger partial charge >= 0.3 is 0 Å². The predicted molar refractivity (Wildman–Crippen MR) is 86.3 cm³/mol. The number of nitrogens with one attached hydrogen (secondary N) is 1. The maximum Gasteiger partial charge on any atom is 0.216 e. The topological polar surface area (TPSA) is 114 Å². The van der Waals surface area contributed by atoms with Gasteiger partial charge in [0.05, 0.1) is 30.2 Å². The standard InChI is InChI=1S/C18H24N4O2/c1-4-6-7-8-9-14-16(10-19,11-20)17(12-21)13(3)18(5-2,23-14)24-15(17)22/h13-14,22H,4-9H2,1-3H3. The van der Waals surface area contributed by atoms with Crippen molar-refractivity contribution in [2.24, 2.45) is 16.7 Å². The Morgan fingerprint density at radius 3 is 2.25 bits per heavy atom. The van der Waals surface area contributed by atoms with E-state index in [1.165, 1.54) is 0 Å². The molecule has 2 fully saturated rings. The first-order valence-corrected chi connectivity index (χ1v) is 8.64. The third-order valence-electron chi connectivity index (χ3n) is 5.73. The summed E-state index contributed by atoms with van der Waals surface area (Å²) in [5, 5.41) is 37.9. The van der Waals surface area contributed by atoms with Crippen LogP contribution < -0.4 is 0 Å². The zero-order chi connectivity index (χ0) is 18.0. The predicted octanol–water partition coefficient (Wildman–Crippen LogP) is 3.65. The second-order valence-corrected chi connectivity index (χ2v) is 6.73. The first kappa shape index (κ1) is 18.2. The highest BCUT2D eigenvalue weighted by Gasteiger charge is 2.78. The molecule has 0 spiro atoms. The summed E-state index contributed by atoms with van der Waals surface area (Å²) in [5.74, 6) is -1.96. The van der Waals surface area contributed by atoms with Crippen molar-refractivity contribution in [3.63, 3.8) is 0 Å². The summed E-state index contributed by atoms with van der Waals surface area (Å²) < 4.78 is 11.8. The summed E-state index contributed by atoms with van der Waals surface area (Å²) in [6.07, 6.45) is 4.18. The number of ether oxygens (including phenoxy) is 2. The molecule has 1 N–H and O–H groups in total. The molecular formula is C18H24N4O2. The van der Waals surface area contributed by atoms with E-state index < -0.39 is 28.6 Å². The van der Waals surface area contributed by atoms with Crippen LogP contribution in [0.5, 0.6) is 0 Å². The van der Waals surface area contributed by atoms with E-state index in [-0.39, 0.29) is 5.90 Å². The number of rotatable bonds is 6. The molecule has 2 bridgehead atoms. The second-order valence-electron chi connectivity index (χ2n) is 6.73. The van der Waals surface area contributed by atoms with Gasteiger partial charge in [0, 0.05) is 6.42 Å². The molecule has 2 heterocycles. The lowest BCUT2D eigenvalue weighted by molar-refractivity contribution is -0.278. The van der Waals surface area contributed by atoms with Gasteiger partial charge in [-0.05, 0) is 6.42 Å². The average Bonchev–Trinajstić information content (AvgIpc) is 2.76. The summed E-state index contributed by atoms with van der Waals surface area (Å²) in [5.41, 5.74) is -3.31. The maximum atomic E-state index is 9.92. The van der Waals surface area contributed by atoms with Crippen LogP contribution in [-0.4, -0.2) is 17.8 Å². The van der Waals surface area contributed by atoms with Crippen LogP contribution in [0.2, 0.25) is 0 Å². The Balaban J connectivity index is 2.50. The lowest BCUT2D eigenvalue weighted by Gasteiger charge is -2.48. The number of hydrogen-bond donors (Lipinski definition) is 1. The minimum atomic E-state index is -1.72. The zero-order valence-corrected chi connectivity index (χ0v) is 14.6. The van der Waals surface area contributed by atoms with Crippen LogP contribution in [0, 0.1) is 56.2 Å². The van der Waals surface area contributed by atoms with Crippen LogP contribution in [0.15, 0.2) is 0 Å². The van der Waals surface area contributed by atoms with Gasteiger partial charge in [0.1, 0.15) is 0 Å². The van der Waals surface area contributed by atoms with Crippen molar-refractivity contribution in [1.29, 1.82) is 21.2 Å². The molecule has 128 valence electrons. The molecule has 0 aromatic rings. The Bertz CT molecular complexity index is 627. The number of nitrogens with zero attached hydrogens (tertiary/aromatic N) is 3. The molecule has 0 aromatic carbocycles. The van der Waals surface area contributed by atoms with Crippen LogP contribution in [0.4, 0.5) is 0 Å². The highest BCUT2D eigenvalue weighted by Crippen LogP contribution is 2.63. The lowest BCUT2D eigenvalue weighted by atomic mass is 9.54. The molecule has 2 saturated heterocycles. The normalized spacial score (nSPS) is 36.2. The van der Waals surface area contributed by atoms with E-state index in [1.54, 1.807) is 6.92 Å². The third-order valence-corrected chi connectivity index (χ3v) is 5.73. The van der Waals surface area contributed by atoms with Crippen LogP contribution >= 0.6 is 0 Å². The minimum absolute atomic E-state index is 0.307. The molecular weight excluding hydrogens is 304 g/mol. The highest BCUT2D eigenvalue weighted by molar-refractivity contribution is 5.89. The summed E-state index contributed by atoms with van der Waals surface area (Å²) >= 11 is 0. The van der Waals surface area contributed by atoms with Crippen LogP contribution in [0.3, 0.4) is 0 Å².